The van der Waals surface area contributed by atoms with Crippen molar-refractivity contribution in [2.24, 2.45) is 0 Å². The first kappa shape index (κ1) is 19.4. The fraction of sp³-hybridized carbons (Fsp3) is 0.150. The Bertz CT molecular complexity index is 926. The highest BCUT2D eigenvalue weighted by Gasteiger charge is 2.10. The highest BCUT2D eigenvalue weighted by Crippen LogP contribution is 2.26. The molecule has 0 aliphatic carbocycles. The first-order valence-corrected chi connectivity index (χ1v) is 9.36. The molecule has 2 aromatic carbocycles. The maximum atomic E-state index is 12.0. The summed E-state index contributed by atoms with van der Waals surface area (Å²) in [5, 5.41) is 7.50. The third-order valence-electron chi connectivity index (χ3n) is 3.70. The SMILES string of the molecule is COc1ccc(-c2csc(NC(=O)CNC(=O)COc3ccccc3)n2)cc1. The van der Waals surface area contributed by atoms with Crippen molar-refractivity contribution >= 4 is 28.3 Å². The summed E-state index contributed by atoms with van der Waals surface area (Å²) in [6.07, 6.45) is 0. The van der Waals surface area contributed by atoms with Crippen molar-refractivity contribution in [3.8, 4) is 22.8 Å². The molecule has 0 atom stereocenters. The number of para-hydroxylation sites is 1. The van der Waals surface area contributed by atoms with Gasteiger partial charge in [0.1, 0.15) is 11.5 Å². The number of rotatable bonds is 8. The van der Waals surface area contributed by atoms with Crippen LogP contribution in [0, 0.1) is 0 Å². The fourth-order valence-electron chi connectivity index (χ4n) is 2.28. The number of nitrogens with one attached hydrogen (secondary N) is 2. The van der Waals surface area contributed by atoms with Crippen LogP contribution in [0.25, 0.3) is 11.3 Å². The number of benzene rings is 2. The molecule has 8 heteroatoms. The molecule has 0 saturated heterocycles. The number of hydrogen-bond acceptors (Lipinski definition) is 6. The number of thiazole rings is 1. The lowest BCUT2D eigenvalue weighted by Gasteiger charge is -2.07. The highest BCUT2D eigenvalue weighted by molar-refractivity contribution is 7.14. The molecule has 144 valence electrons. The summed E-state index contributed by atoms with van der Waals surface area (Å²) in [5.74, 6) is 0.621. The smallest absolute Gasteiger partial charge is 0.258 e. The van der Waals surface area contributed by atoms with Crippen molar-refractivity contribution in [2.75, 3.05) is 25.6 Å². The lowest BCUT2D eigenvalue weighted by molar-refractivity contribution is -0.125. The van der Waals surface area contributed by atoms with Crippen molar-refractivity contribution in [3.05, 3.63) is 60.0 Å². The van der Waals surface area contributed by atoms with Gasteiger partial charge in [0.15, 0.2) is 11.7 Å². The molecule has 0 bridgehead atoms. The molecular formula is C20H19N3O4S. The van der Waals surface area contributed by atoms with Crippen molar-refractivity contribution in [1.82, 2.24) is 10.3 Å². The van der Waals surface area contributed by atoms with E-state index in [2.05, 4.69) is 15.6 Å². The highest BCUT2D eigenvalue weighted by atomic mass is 32.1. The number of methoxy groups -OCH3 is 1. The van der Waals surface area contributed by atoms with Crippen LogP contribution in [0.4, 0.5) is 5.13 Å². The summed E-state index contributed by atoms with van der Waals surface area (Å²) in [6, 6.07) is 16.5. The monoisotopic (exact) mass is 397 g/mol. The van der Waals surface area contributed by atoms with Crippen LogP contribution < -0.4 is 20.1 Å². The second-order valence-corrected chi connectivity index (χ2v) is 6.55. The molecule has 2 amide bonds. The summed E-state index contributed by atoms with van der Waals surface area (Å²) in [7, 11) is 1.61. The molecule has 2 N–H and O–H groups in total. The molecule has 3 rings (SSSR count). The van der Waals surface area contributed by atoms with Crippen molar-refractivity contribution in [3.63, 3.8) is 0 Å². The van der Waals surface area contributed by atoms with Crippen LogP contribution in [0.3, 0.4) is 0 Å². The minimum atomic E-state index is -0.378. The molecule has 3 aromatic rings. The Morgan fingerprint density at radius 1 is 1.00 bits per heavy atom. The van der Waals surface area contributed by atoms with Crippen LogP contribution in [0.15, 0.2) is 60.0 Å². The van der Waals surface area contributed by atoms with Gasteiger partial charge in [-0.2, -0.15) is 0 Å². The Morgan fingerprint density at radius 3 is 2.46 bits per heavy atom. The zero-order valence-corrected chi connectivity index (χ0v) is 16.0. The van der Waals surface area contributed by atoms with E-state index >= 15 is 0 Å². The molecule has 0 aliphatic rings. The van der Waals surface area contributed by atoms with E-state index in [4.69, 9.17) is 9.47 Å². The molecule has 0 fully saturated rings. The van der Waals surface area contributed by atoms with E-state index in [1.807, 2.05) is 47.8 Å². The summed E-state index contributed by atoms with van der Waals surface area (Å²) >= 11 is 1.31. The van der Waals surface area contributed by atoms with Gasteiger partial charge in [-0.1, -0.05) is 18.2 Å². The number of amides is 2. The lowest BCUT2D eigenvalue weighted by atomic mass is 10.2. The van der Waals surface area contributed by atoms with Crippen LogP contribution >= 0.6 is 11.3 Å². The van der Waals surface area contributed by atoms with Crippen LogP contribution in [-0.2, 0) is 9.59 Å². The zero-order valence-electron chi connectivity index (χ0n) is 15.2. The van der Waals surface area contributed by atoms with Crippen LogP contribution in [0.2, 0.25) is 0 Å². The predicted octanol–water partition coefficient (Wildman–Crippen LogP) is 2.95. The maximum Gasteiger partial charge on any atom is 0.258 e. The number of aromatic nitrogens is 1. The van der Waals surface area contributed by atoms with E-state index in [1.54, 1.807) is 19.2 Å². The third-order valence-corrected chi connectivity index (χ3v) is 4.45. The fourth-order valence-corrected chi connectivity index (χ4v) is 3.02. The lowest BCUT2D eigenvalue weighted by Crippen LogP contribution is -2.35. The van der Waals surface area contributed by atoms with Crippen molar-refractivity contribution < 1.29 is 19.1 Å². The normalized spacial score (nSPS) is 10.2. The van der Waals surface area contributed by atoms with Crippen LogP contribution in [0.1, 0.15) is 0 Å². The number of hydrogen-bond donors (Lipinski definition) is 2. The largest absolute Gasteiger partial charge is 0.497 e. The number of anilines is 1. The molecule has 0 saturated carbocycles. The minimum Gasteiger partial charge on any atom is -0.497 e. The zero-order chi connectivity index (χ0) is 19.8. The Labute approximate surface area is 166 Å². The molecule has 0 unspecified atom stereocenters. The van der Waals surface area contributed by atoms with Crippen molar-refractivity contribution in [2.45, 2.75) is 0 Å². The molecule has 28 heavy (non-hydrogen) atoms. The summed E-state index contributed by atoms with van der Waals surface area (Å²) < 4.78 is 10.5. The van der Waals surface area contributed by atoms with Crippen LogP contribution in [-0.4, -0.2) is 37.1 Å². The van der Waals surface area contributed by atoms with Gasteiger partial charge in [-0.15, -0.1) is 11.3 Å². The van der Waals surface area contributed by atoms with Gasteiger partial charge in [0.2, 0.25) is 5.91 Å². The number of carbonyl (C=O) groups excluding carboxylic acids is 2. The molecule has 1 aromatic heterocycles. The van der Waals surface area contributed by atoms with Crippen LogP contribution in [0.5, 0.6) is 11.5 Å². The molecule has 1 heterocycles. The molecule has 0 radical (unpaired) electrons. The summed E-state index contributed by atoms with van der Waals surface area (Å²) in [5.41, 5.74) is 1.67. The van der Waals surface area contributed by atoms with Gasteiger partial charge in [-0.3, -0.25) is 9.59 Å². The standard InChI is InChI=1S/C20H19N3O4S/c1-26-15-9-7-14(8-10-15)17-13-28-20(22-17)23-18(24)11-21-19(25)12-27-16-5-3-2-4-6-16/h2-10,13H,11-12H2,1H3,(H,21,25)(H,22,23,24). The number of ether oxygens (including phenoxy) is 2. The summed E-state index contributed by atoms with van der Waals surface area (Å²) in [4.78, 5) is 28.2. The Kier molecular flexibility index (Phi) is 6.59. The van der Waals surface area contributed by atoms with E-state index in [0.29, 0.717) is 10.9 Å². The molecule has 0 spiro atoms. The Morgan fingerprint density at radius 2 is 1.75 bits per heavy atom. The van der Waals surface area contributed by atoms with E-state index in [1.165, 1.54) is 11.3 Å². The number of nitrogens with zero attached hydrogens (tertiary/aromatic N) is 1. The van der Waals surface area contributed by atoms with Gasteiger partial charge in [-0.05, 0) is 36.4 Å². The average Bonchev–Trinajstić information content (AvgIpc) is 3.20. The molecular weight excluding hydrogens is 378 g/mol. The van der Waals surface area contributed by atoms with Gasteiger partial charge >= 0.3 is 0 Å². The first-order chi connectivity index (χ1) is 13.6. The molecule has 0 aliphatic heterocycles. The third kappa shape index (κ3) is 5.55. The van der Waals surface area contributed by atoms with Crippen molar-refractivity contribution in [1.29, 1.82) is 0 Å². The van der Waals surface area contributed by atoms with E-state index in [-0.39, 0.29) is 25.0 Å². The van der Waals surface area contributed by atoms with Gasteiger partial charge in [0.05, 0.1) is 19.3 Å². The number of carbonyl (C=O) groups is 2. The summed E-state index contributed by atoms with van der Waals surface area (Å²) in [6.45, 7) is -0.315. The van der Waals surface area contributed by atoms with Gasteiger partial charge in [0, 0.05) is 10.9 Å². The second kappa shape index (κ2) is 9.52. The first-order valence-electron chi connectivity index (χ1n) is 8.48. The van der Waals surface area contributed by atoms with E-state index in [9.17, 15) is 9.59 Å². The second-order valence-electron chi connectivity index (χ2n) is 5.69. The van der Waals surface area contributed by atoms with Gasteiger partial charge in [-0.25, -0.2) is 4.98 Å². The molecule has 7 nitrogen and oxygen atoms in total. The van der Waals surface area contributed by atoms with Gasteiger partial charge in [0.25, 0.3) is 5.91 Å². The Balaban J connectivity index is 1.44. The average molecular weight is 397 g/mol. The maximum absolute atomic E-state index is 12.0. The van der Waals surface area contributed by atoms with Gasteiger partial charge < -0.3 is 20.1 Å². The van der Waals surface area contributed by atoms with E-state index in [0.717, 1.165) is 17.0 Å². The minimum absolute atomic E-state index is 0.157. The quantitative estimate of drug-likeness (QED) is 0.610. The Hall–Kier alpha value is -3.39. The van der Waals surface area contributed by atoms with E-state index < -0.39 is 0 Å². The predicted molar refractivity (Wildman–Crippen MR) is 108 cm³/mol. The topological polar surface area (TPSA) is 89.6 Å².